The van der Waals surface area contributed by atoms with E-state index in [1.54, 1.807) is 24.3 Å². The SMILES string of the molecule is C#CCSc1sc(C(=O)c2ccccc2)c(N)c1C#N. The zero-order valence-electron chi connectivity index (χ0n) is 10.4. The fourth-order valence-electron chi connectivity index (χ4n) is 1.63. The van der Waals surface area contributed by atoms with Crippen molar-refractivity contribution in [3.05, 3.63) is 46.3 Å². The first-order chi connectivity index (χ1) is 9.69. The summed E-state index contributed by atoms with van der Waals surface area (Å²) in [5.41, 5.74) is 7.06. The van der Waals surface area contributed by atoms with E-state index in [2.05, 4.69) is 5.92 Å². The highest BCUT2D eigenvalue weighted by molar-refractivity contribution is 8.01. The number of benzene rings is 1. The van der Waals surface area contributed by atoms with Crippen molar-refractivity contribution in [3.8, 4) is 18.4 Å². The molecule has 2 N–H and O–H groups in total. The van der Waals surface area contributed by atoms with Crippen LogP contribution in [0, 0.1) is 23.7 Å². The number of carbonyl (C=O) groups excluding carboxylic acids is 1. The highest BCUT2D eigenvalue weighted by Gasteiger charge is 2.21. The van der Waals surface area contributed by atoms with Crippen molar-refractivity contribution in [2.45, 2.75) is 4.21 Å². The van der Waals surface area contributed by atoms with Gasteiger partial charge in [0.2, 0.25) is 5.78 Å². The standard InChI is InChI=1S/C15H10N2OS2/c1-2-8-19-15-11(9-16)12(17)14(20-15)13(18)10-6-4-3-5-7-10/h1,3-7H,8,17H2. The van der Waals surface area contributed by atoms with E-state index in [0.29, 0.717) is 26.0 Å². The molecule has 1 heterocycles. The van der Waals surface area contributed by atoms with E-state index in [1.807, 2.05) is 12.1 Å². The number of terminal acetylenes is 1. The Balaban J connectivity index is 2.43. The Kier molecular flexibility index (Phi) is 4.47. The molecule has 3 nitrogen and oxygen atoms in total. The lowest BCUT2D eigenvalue weighted by molar-refractivity contribution is 0.104. The van der Waals surface area contributed by atoms with Gasteiger partial charge in [-0.3, -0.25) is 4.79 Å². The third-order valence-electron chi connectivity index (χ3n) is 2.55. The quantitative estimate of drug-likeness (QED) is 0.535. The summed E-state index contributed by atoms with van der Waals surface area (Å²) in [7, 11) is 0. The number of nitrogen functional groups attached to an aromatic ring is 1. The Morgan fingerprint density at radius 2 is 2.10 bits per heavy atom. The van der Waals surface area contributed by atoms with Crippen molar-refractivity contribution >= 4 is 34.6 Å². The van der Waals surface area contributed by atoms with Crippen LogP contribution in [0.1, 0.15) is 20.8 Å². The minimum Gasteiger partial charge on any atom is -0.396 e. The van der Waals surface area contributed by atoms with Crippen LogP contribution in [0.15, 0.2) is 34.5 Å². The predicted molar refractivity (Wildman–Crippen MR) is 82.9 cm³/mol. The molecule has 0 fully saturated rings. The van der Waals surface area contributed by atoms with Crippen LogP contribution in [0.4, 0.5) is 5.69 Å². The maximum atomic E-state index is 12.4. The highest BCUT2D eigenvalue weighted by Crippen LogP contribution is 2.38. The molecular formula is C15H10N2OS2. The minimum atomic E-state index is -0.169. The number of hydrogen-bond acceptors (Lipinski definition) is 5. The lowest BCUT2D eigenvalue weighted by Gasteiger charge is -1.98. The summed E-state index contributed by atoms with van der Waals surface area (Å²) < 4.78 is 0.697. The maximum absolute atomic E-state index is 12.4. The molecule has 0 aliphatic heterocycles. The Morgan fingerprint density at radius 3 is 2.70 bits per heavy atom. The van der Waals surface area contributed by atoms with Gasteiger partial charge >= 0.3 is 0 Å². The van der Waals surface area contributed by atoms with Crippen LogP contribution in [-0.2, 0) is 0 Å². The van der Waals surface area contributed by atoms with Crippen LogP contribution in [0.3, 0.4) is 0 Å². The number of thiophene rings is 1. The van der Waals surface area contributed by atoms with Crippen molar-refractivity contribution in [2.75, 3.05) is 11.5 Å². The number of anilines is 1. The number of nitrogens with zero attached hydrogens (tertiary/aromatic N) is 1. The lowest BCUT2D eigenvalue weighted by atomic mass is 10.1. The third-order valence-corrected chi connectivity index (χ3v) is 4.93. The zero-order valence-corrected chi connectivity index (χ0v) is 12.1. The van der Waals surface area contributed by atoms with E-state index in [4.69, 9.17) is 17.4 Å². The molecular weight excluding hydrogens is 288 g/mol. The zero-order chi connectivity index (χ0) is 14.5. The third kappa shape index (κ3) is 2.70. The summed E-state index contributed by atoms with van der Waals surface area (Å²) in [6.07, 6.45) is 5.22. The van der Waals surface area contributed by atoms with Crippen LogP contribution < -0.4 is 5.73 Å². The van der Waals surface area contributed by atoms with Gasteiger partial charge in [0.05, 0.1) is 15.6 Å². The van der Waals surface area contributed by atoms with Crippen LogP contribution >= 0.6 is 23.1 Å². The first-order valence-electron chi connectivity index (χ1n) is 5.67. The average molecular weight is 298 g/mol. The van der Waals surface area contributed by atoms with Gasteiger partial charge in [0.1, 0.15) is 16.5 Å². The van der Waals surface area contributed by atoms with E-state index < -0.39 is 0 Å². The molecule has 0 unspecified atom stereocenters. The first-order valence-corrected chi connectivity index (χ1v) is 7.47. The van der Waals surface area contributed by atoms with Crippen LogP contribution in [0.2, 0.25) is 0 Å². The molecule has 2 rings (SSSR count). The van der Waals surface area contributed by atoms with Gasteiger partial charge in [-0.1, -0.05) is 36.3 Å². The molecule has 0 saturated carbocycles. The Bertz CT molecular complexity index is 721. The number of nitriles is 1. The molecule has 20 heavy (non-hydrogen) atoms. The number of rotatable bonds is 4. The molecule has 0 radical (unpaired) electrons. The van der Waals surface area contributed by atoms with Gasteiger partial charge in [0, 0.05) is 5.56 Å². The first kappa shape index (κ1) is 14.2. The number of hydrogen-bond donors (Lipinski definition) is 1. The van der Waals surface area contributed by atoms with Gasteiger partial charge in [0.25, 0.3) is 0 Å². The Labute approximate surface area is 125 Å². The number of ketones is 1. The molecule has 2 aromatic rings. The summed E-state index contributed by atoms with van der Waals surface area (Å²) in [6, 6.07) is 10.9. The fraction of sp³-hybridized carbons (Fsp3) is 0.0667. The monoisotopic (exact) mass is 298 g/mol. The van der Waals surface area contributed by atoms with Crippen molar-refractivity contribution in [1.82, 2.24) is 0 Å². The molecule has 0 amide bonds. The van der Waals surface area contributed by atoms with Crippen molar-refractivity contribution < 1.29 is 4.79 Å². The largest absolute Gasteiger partial charge is 0.396 e. The highest BCUT2D eigenvalue weighted by atomic mass is 32.2. The minimum absolute atomic E-state index is 0.169. The summed E-state index contributed by atoms with van der Waals surface area (Å²) in [6.45, 7) is 0. The van der Waals surface area contributed by atoms with Gasteiger partial charge in [0.15, 0.2) is 0 Å². The average Bonchev–Trinajstić information content (AvgIpc) is 2.81. The smallest absolute Gasteiger partial charge is 0.205 e. The van der Waals surface area contributed by atoms with E-state index in [9.17, 15) is 4.79 Å². The van der Waals surface area contributed by atoms with Gasteiger partial charge < -0.3 is 5.73 Å². The normalized spacial score (nSPS) is 9.70. The molecule has 1 aromatic heterocycles. The molecule has 1 aromatic carbocycles. The molecule has 98 valence electrons. The van der Waals surface area contributed by atoms with Crippen molar-refractivity contribution in [2.24, 2.45) is 0 Å². The molecule has 0 aliphatic carbocycles. The van der Waals surface area contributed by atoms with Crippen LogP contribution in [-0.4, -0.2) is 11.5 Å². The second kappa shape index (κ2) is 6.29. The Morgan fingerprint density at radius 1 is 1.40 bits per heavy atom. The van der Waals surface area contributed by atoms with E-state index >= 15 is 0 Å². The van der Waals surface area contributed by atoms with E-state index in [-0.39, 0.29) is 11.5 Å². The molecule has 0 saturated heterocycles. The summed E-state index contributed by atoms with van der Waals surface area (Å²) >= 11 is 2.57. The second-order valence-electron chi connectivity index (χ2n) is 3.81. The molecule has 0 spiro atoms. The van der Waals surface area contributed by atoms with E-state index in [0.717, 1.165) is 0 Å². The fourth-order valence-corrected chi connectivity index (χ4v) is 3.67. The Hall–Kier alpha value is -2.21. The molecule has 0 bridgehead atoms. The number of thioether (sulfide) groups is 1. The maximum Gasteiger partial charge on any atom is 0.205 e. The second-order valence-corrected chi connectivity index (χ2v) is 6.07. The van der Waals surface area contributed by atoms with Crippen LogP contribution in [0.5, 0.6) is 0 Å². The van der Waals surface area contributed by atoms with Gasteiger partial charge in [-0.25, -0.2) is 0 Å². The van der Waals surface area contributed by atoms with Gasteiger partial charge in [-0.05, 0) is 0 Å². The van der Waals surface area contributed by atoms with Crippen molar-refractivity contribution in [3.63, 3.8) is 0 Å². The van der Waals surface area contributed by atoms with Gasteiger partial charge in [-0.15, -0.1) is 29.5 Å². The number of carbonyl (C=O) groups is 1. The molecule has 0 atom stereocenters. The van der Waals surface area contributed by atoms with E-state index in [1.165, 1.54) is 23.1 Å². The van der Waals surface area contributed by atoms with Gasteiger partial charge in [-0.2, -0.15) is 5.26 Å². The summed E-state index contributed by atoms with van der Waals surface area (Å²) in [4.78, 5) is 12.8. The van der Waals surface area contributed by atoms with Crippen LogP contribution in [0.25, 0.3) is 0 Å². The lowest BCUT2D eigenvalue weighted by Crippen LogP contribution is -2.02. The molecule has 0 aliphatic rings. The summed E-state index contributed by atoms with van der Waals surface area (Å²) in [5.74, 6) is 2.76. The summed E-state index contributed by atoms with van der Waals surface area (Å²) in [5, 5.41) is 9.16. The van der Waals surface area contributed by atoms with Crippen molar-refractivity contribution in [1.29, 1.82) is 5.26 Å². The molecule has 5 heteroatoms. The topological polar surface area (TPSA) is 66.9 Å². The number of nitrogens with two attached hydrogens (primary N) is 1. The predicted octanol–water partition coefficient (Wildman–Crippen LogP) is 3.16.